The minimum Gasteiger partial charge on any atom is -0.494 e. The predicted octanol–water partition coefficient (Wildman–Crippen LogP) is 0.886. The number of pyridine rings is 1. The van der Waals surface area contributed by atoms with Gasteiger partial charge in [0.2, 0.25) is 0 Å². The molecule has 2 aromatic rings. The van der Waals surface area contributed by atoms with Crippen LogP contribution in [-0.4, -0.2) is 27.1 Å². The van der Waals surface area contributed by atoms with Crippen molar-refractivity contribution in [2.45, 2.75) is 0 Å². The van der Waals surface area contributed by atoms with E-state index in [4.69, 9.17) is 4.74 Å². The highest BCUT2D eigenvalue weighted by atomic mass is 16.5. The number of rotatable bonds is 2. The number of aromatic nitrogens is 4. The highest BCUT2D eigenvalue weighted by Gasteiger charge is 2.07. The fourth-order valence-corrected chi connectivity index (χ4v) is 1.22. The van der Waals surface area contributed by atoms with Crippen LogP contribution in [0.3, 0.4) is 0 Å². The van der Waals surface area contributed by atoms with Gasteiger partial charge in [-0.2, -0.15) is 15.0 Å². The molecular weight excluding hydrogens is 180 g/mol. The fourth-order valence-electron chi connectivity index (χ4n) is 1.22. The van der Waals surface area contributed by atoms with Gasteiger partial charge in [-0.15, -0.1) is 0 Å². The monoisotopic (exact) mass is 190 g/mol. The molecule has 0 saturated carbocycles. The number of nitrogens with zero attached hydrogens (tertiary/aromatic N) is 4. The average molecular weight is 190 g/mol. The zero-order valence-corrected chi connectivity index (χ0v) is 8.01. The molecule has 0 spiro atoms. The van der Waals surface area contributed by atoms with Crippen LogP contribution in [0.4, 0.5) is 0 Å². The van der Waals surface area contributed by atoms with E-state index in [2.05, 4.69) is 15.2 Å². The molecule has 0 aliphatic carbocycles. The maximum Gasteiger partial charge on any atom is 0.146 e. The molecule has 0 amide bonds. The van der Waals surface area contributed by atoms with Gasteiger partial charge in [0.05, 0.1) is 19.5 Å². The molecule has 0 aromatic carbocycles. The molecule has 2 heterocycles. The standard InChI is InChI=1S/C9H10N4O/c1-13-11-5-8(12-13)7-3-4-10-6-9(7)14-2/h3-6H,1-2H3. The molecule has 14 heavy (non-hydrogen) atoms. The Morgan fingerprint density at radius 2 is 2.21 bits per heavy atom. The first-order valence-electron chi connectivity index (χ1n) is 4.16. The summed E-state index contributed by atoms with van der Waals surface area (Å²) in [6.45, 7) is 0. The van der Waals surface area contributed by atoms with Crippen molar-refractivity contribution >= 4 is 0 Å². The summed E-state index contributed by atoms with van der Waals surface area (Å²) in [4.78, 5) is 5.48. The highest BCUT2D eigenvalue weighted by molar-refractivity contribution is 5.64. The van der Waals surface area contributed by atoms with Gasteiger partial charge in [-0.3, -0.25) is 4.98 Å². The summed E-state index contributed by atoms with van der Waals surface area (Å²) < 4.78 is 5.17. The Balaban J connectivity index is 2.50. The van der Waals surface area contributed by atoms with Crippen molar-refractivity contribution in [1.82, 2.24) is 20.0 Å². The quantitative estimate of drug-likeness (QED) is 0.705. The fraction of sp³-hybridized carbons (Fsp3) is 0.222. The minimum absolute atomic E-state index is 0.702. The summed E-state index contributed by atoms with van der Waals surface area (Å²) in [6, 6.07) is 1.85. The van der Waals surface area contributed by atoms with Crippen molar-refractivity contribution in [2.24, 2.45) is 7.05 Å². The van der Waals surface area contributed by atoms with Gasteiger partial charge in [0.1, 0.15) is 11.4 Å². The van der Waals surface area contributed by atoms with Crippen molar-refractivity contribution < 1.29 is 4.74 Å². The van der Waals surface area contributed by atoms with Gasteiger partial charge in [0.25, 0.3) is 0 Å². The molecule has 0 fully saturated rings. The molecule has 5 heteroatoms. The molecule has 2 aromatic heterocycles. The van der Waals surface area contributed by atoms with Gasteiger partial charge in [-0.1, -0.05) is 0 Å². The highest BCUT2D eigenvalue weighted by Crippen LogP contribution is 2.25. The van der Waals surface area contributed by atoms with E-state index in [1.165, 1.54) is 4.80 Å². The lowest BCUT2D eigenvalue weighted by Crippen LogP contribution is -1.93. The molecule has 0 N–H and O–H groups in total. The first kappa shape index (κ1) is 8.68. The van der Waals surface area contributed by atoms with Gasteiger partial charge in [-0.25, -0.2) is 0 Å². The lowest BCUT2D eigenvalue weighted by Gasteiger charge is -2.03. The molecule has 0 atom stereocenters. The van der Waals surface area contributed by atoms with E-state index in [0.29, 0.717) is 5.75 Å². The maximum absolute atomic E-state index is 5.17. The molecule has 0 aliphatic rings. The van der Waals surface area contributed by atoms with E-state index >= 15 is 0 Å². The lowest BCUT2D eigenvalue weighted by atomic mass is 10.2. The van der Waals surface area contributed by atoms with Gasteiger partial charge < -0.3 is 4.74 Å². The molecule has 72 valence electrons. The maximum atomic E-state index is 5.17. The Kier molecular flexibility index (Phi) is 2.14. The van der Waals surface area contributed by atoms with Gasteiger partial charge >= 0.3 is 0 Å². The van der Waals surface area contributed by atoms with Crippen LogP contribution in [0.2, 0.25) is 0 Å². The normalized spacial score (nSPS) is 10.1. The summed E-state index contributed by atoms with van der Waals surface area (Å²) in [6.07, 6.45) is 5.05. The van der Waals surface area contributed by atoms with E-state index < -0.39 is 0 Å². The summed E-state index contributed by atoms with van der Waals surface area (Å²) >= 11 is 0. The van der Waals surface area contributed by atoms with E-state index in [1.807, 2.05) is 6.07 Å². The van der Waals surface area contributed by atoms with E-state index in [0.717, 1.165) is 11.3 Å². The summed E-state index contributed by atoms with van der Waals surface area (Å²) in [5, 5.41) is 8.19. The molecular formula is C9H10N4O. The van der Waals surface area contributed by atoms with Gasteiger partial charge in [0.15, 0.2) is 0 Å². The lowest BCUT2D eigenvalue weighted by molar-refractivity contribution is 0.414. The third kappa shape index (κ3) is 1.44. The molecule has 0 bridgehead atoms. The van der Waals surface area contributed by atoms with Crippen LogP contribution in [0.5, 0.6) is 5.75 Å². The smallest absolute Gasteiger partial charge is 0.146 e. The van der Waals surface area contributed by atoms with E-state index in [1.54, 1.807) is 32.7 Å². The summed E-state index contributed by atoms with van der Waals surface area (Å²) in [7, 11) is 3.38. The van der Waals surface area contributed by atoms with Crippen LogP contribution in [0.1, 0.15) is 0 Å². The Morgan fingerprint density at radius 1 is 1.36 bits per heavy atom. The van der Waals surface area contributed by atoms with Crippen LogP contribution < -0.4 is 4.74 Å². The minimum atomic E-state index is 0.702. The molecule has 0 aliphatic heterocycles. The topological polar surface area (TPSA) is 52.8 Å². The first-order valence-corrected chi connectivity index (χ1v) is 4.16. The van der Waals surface area contributed by atoms with Crippen molar-refractivity contribution in [2.75, 3.05) is 7.11 Å². The first-order chi connectivity index (χ1) is 6.81. The largest absolute Gasteiger partial charge is 0.494 e. The SMILES string of the molecule is COc1cnccc1-c1cnn(C)n1. The van der Waals surface area contributed by atoms with Crippen LogP contribution in [0, 0.1) is 0 Å². The molecule has 5 nitrogen and oxygen atoms in total. The summed E-state index contributed by atoms with van der Waals surface area (Å²) in [5.74, 6) is 0.702. The van der Waals surface area contributed by atoms with Crippen molar-refractivity contribution in [3.63, 3.8) is 0 Å². The third-order valence-corrected chi connectivity index (χ3v) is 1.88. The number of ether oxygens (including phenoxy) is 1. The summed E-state index contributed by atoms with van der Waals surface area (Å²) in [5.41, 5.74) is 1.68. The number of methoxy groups -OCH3 is 1. The predicted molar refractivity (Wildman–Crippen MR) is 50.8 cm³/mol. The number of hydrogen-bond donors (Lipinski definition) is 0. The second-order valence-corrected chi connectivity index (χ2v) is 2.80. The van der Waals surface area contributed by atoms with Crippen LogP contribution in [-0.2, 0) is 7.05 Å². The number of aryl methyl sites for hydroxylation is 1. The third-order valence-electron chi connectivity index (χ3n) is 1.88. The molecule has 0 radical (unpaired) electrons. The van der Waals surface area contributed by atoms with Crippen molar-refractivity contribution in [3.05, 3.63) is 24.7 Å². The van der Waals surface area contributed by atoms with Crippen LogP contribution in [0.25, 0.3) is 11.3 Å². The Bertz CT molecular complexity index is 438. The van der Waals surface area contributed by atoms with Crippen LogP contribution >= 0.6 is 0 Å². The number of hydrogen-bond acceptors (Lipinski definition) is 4. The van der Waals surface area contributed by atoms with E-state index in [-0.39, 0.29) is 0 Å². The zero-order valence-electron chi connectivity index (χ0n) is 8.01. The Morgan fingerprint density at radius 3 is 2.86 bits per heavy atom. The zero-order chi connectivity index (χ0) is 9.97. The van der Waals surface area contributed by atoms with Crippen molar-refractivity contribution in [1.29, 1.82) is 0 Å². The van der Waals surface area contributed by atoms with Gasteiger partial charge in [0, 0.05) is 18.8 Å². The molecule has 0 saturated heterocycles. The second-order valence-electron chi connectivity index (χ2n) is 2.80. The Labute approximate surface area is 81.3 Å². The Hall–Kier alpha value is -1.91. The molecule has 2 rings (SSSR count). The molecule has 0 unspecified atom stereocenters. The average Bonchev–Trinajstić information content (AvgIpc) is 2.65. The van der Waals surface area contributed by atoms with Crippen molar-refractivity contribution in [3.8, 4) is 17.0 Å². The van der Waals surface area contributed by atoms with Gasteiger partial charge in [-0.05, 0) is 6.07 Å². The second kappa shape index (κ2) is 3.45. The van der Waals surface area contributed by atoms with E-state index in [9.17, 15) is 0 Å². The van der Waals surface area contributed by atoms with Crippen LogP contribution in [0.15, 0.2) is 24.7 Å².